The van der Waals surface area contributed by atoms with Gasteiger partial charge in [0.05, 0.1) is 12.3 Å². The van der Waals surface area contributed by atoms with Crippen LogP contribution in [0.25, 0.3) is 0 Å². The molecule has 2 aromatic heterocycles. The van der Waals surface area contributed by atoms with E-state index in [0.29, 0.717) is 29.6 Å². The minimum absolute atomic E-state index is 0.0470. The molecule has 0 aliphatic carbocycles. The lowest BCUT2D eigenvalue weighted by molar-refractivity contribution is 0.0706. The van der Waals surface area contributed by atoms with Crippen LogP contribution in [0.15, 0.2) is 12.4 Å². The number of aromatic nitrogens is 3. The molecule has 2 N–H and O–H groups in total. The standard InChI is InChI=1S/C17H25N5O2S/c1-3-13-14(25-17(18)20-13)16(23)22-7-4-5-12(11-22)15-19-6-8-21(15)9-10-24-2/h6,8,12H,3-5,7,9-11H2,1-2H3,(H2,18,20). The van der Waals surface area contributed by atoms with Gasteiger partial charge in [-0.2, -0.15) is 0 Å². The number of ether oxygens (including phenoxy) is 1. The minimum atomic E-state index is 0.0470. The zero-order valence-corrected chi connectivity index (χ0v) is 15.6. The summed E-state index contributed by atoms with van der Waals surface area (Å²) in [6.07, 6.45) is 6.54. The Bertz CT molecular complexity index is 726. The van der Waals surface area contributed by atoms with E-state index in [1.807, 2.05) is 24.2 Å². The summed E-state index contributed by atoms with van der Waals surface area (Å²) >= 11 is 1.29. The van der Waals surface area contributed by atoms with Crippen molar-refractivity contribution in [1.29, 1.82) is 0 Å². The summed E-state index contributed by atoms with van der Waals surface area (Å²) in [5, 5.41) is 0.462. The fourth-order valence-corrected chi connectivity index (χ4v) is 4.24. The number of carbonyl (C=O) groups is 1. The Balaban J connectivity index is 1.75. The molecule has 3 rings (SSSR count). The Morgan fingerprint density at radius 1 is 1.52 bits per heavy atom. The smallest absolute Gasteiger partial charge is 0.265 e. The topological polar surface area (TPSA) is 86.3 Å². The predicted molar refractivity (Wildman–Crippen MR) is 97.9 cm³/mol. The first-order chi connectivity index (χ1) is 12.1. The van der Waals surface area contributed by atoms with Gasteiger partial charge in [-0.25, -0.2) is 9.97 Å². The van der Waals surface area contributed by atoms with Gasteiger partial charge in [0.25, 0.3) is 5.91 Å². The third-order valence-electron chi connectivity index (χ3n) is 4.60. The molecule has 1 amide bonds. The molecule has 0 bridgehead atoms. The van der Waals surface area contributed by atoms with Crippen molar-refractivity contribution >= 4 is 22.4 Å². The van der Waals surface area contributed by atoms with E-state index in [4.69, 9.17) is 10.5 Å². The molecule has 7 nitrogen and oxygen atoms in total. The van der Waals surface area contributed by atoms with Crippen molar-refractivity contribution in [2.75, 3.05) is 32.5 Å². The van der Waals surface area contributed by atoms with Gasteiger partial charge in [-0.3, -0.25) is 4.79 Å². The number of aryl methyl sites for hydroxylation is 1. The first-order valence-corrected chi connectivity index (χ1v) is 9.50. The Morgan fingerprint density at radius 3 is 3.12 bits per heavy atom. The number of thiazole rings is 1. The summed E-state index contributed by atoms with van der Waals surface area (Å²) < 4.78 is 7.30. The largest absolute Gasteiger partial charge is 0.383 e. The highest BCUT2D eigenvalue weighted by Gasteiger charge is 2.30. The molecule has 0 spiro atoms. The second-order valence-electron chi connectivity index (χ2n) is 6.24. The van der Waals surface area contributed by atoms with E-state index in [9.17, 15) is 4.79 Å². The second kappa shape index (κ2) is 7.97. The third kappa shape index (κ3) is 3.85. The normalized spacial score (nSPS) is 17.8. The SMILES string of the molecule is CCc1nc(N)sc1C(=O)N1CCCC(c2nccn2CCOC)C1. The van der Waals surface area contributed by atoms with Crippen LogP contribution in [0.5, 0.6) is 0 Å². The molecule has 136 valence electrons. The monoisotopic (exact) mass is 363 g/mol. The average Bonchev–Trinajstić information content (AvgIpc) is 3.25. The van der Waals surface area contributed by atoms with Crippen molar-refractivity contribution in [3.63, 3.8) is 0 Å². The molecule has 25 heavy (non-hydrogen) atoms. The van der Waals surface area contributed by atoms with E-state index >= 15 is 0 Å². The maximum Gasteiger partial charge on any atom is 0.265 e. The van der Waals surface area contributed by atoms with Gasteiger partial charge in [0.1, 0.15) is 10.7 Å². The van der Waals surface area contributed by atoms with E-state index in [2.05, 4.69) is 14.5 Å². The van der Waals surface area contributed by atoms with Crippen molar-refractivity contribution in [2.24, 2.45) is 0 Å². The number of amides is 1. The molecule has 1 fully saturated rings. The third-order valence-corrected chi connectivity index (χ3v) is 5.52. The molecule has 1 atom stereocenters. The van der Waals surface area contributed by atoms with E-state index in [1.54, 1.807) is 7.11 Å². The fourth-order valence-electron chi connectivity index (χ4n) is 3.35. The van der Waals surface area contributed by atoms with Gasteiger partial charge in [0, 0.05) is 45.1 Å². The molecule has 1 aliphatic heterocycles. The quantitative estimate of drug-likeness (QED) is 0.850. The first-order valence-electron chi connectivity index (χ1n) is 8.68. The summed E-state index contributed by atoms with van der Waals surface area (Å²) in [6, 6.07) is 0. The van der Waals surface area contributed by atoms with Crippen LogP contribution in [0.4, 0.5) is 5.13 Å². The number of hydrogen-bond acceptors (Lipinski definition) is 6. The number of hydrogen-bond donors (Lipinski definition) is 1. The highest BCUT2D eigenvalue weighted by molar-refractivity contribution is 7.17. The predicted octanol–water partition coefficient (Wildman–Crippen LogP) is 2.15. The van der Waals surface area contributed by atoms with E-state index < -0.39 is 0 Å². The first kappa shape index (κ1) is 17.9. The van der Waals surface area contributed by atoms with Gasteiger partial charge in [0.15, 0.2) is 5.13 Å². The van der Waals surface area contributed by atoms with E-state index in [0.717, 1.165) is 37.4 Å². The highest BCUT2D eigenvalue weighted by Crippen LogP contribution is 2.29. The lowest BCUT2D eigenvalue weighted by atomic mass is 9.97. The number of nitrogen functional groups attached to an aromatic ring is 1. The zero-order valence-electron chi connectivity index (χ0n) is 14.8. The number of carbonyl (C=O) groups excluding carboxylic acids is 1. The van der Waals surface area contributed by atoms with E-state index in [-0.39, 0.29) is 11.8 Å². The number of methoxy groups -OCH3 is 1. The lowest BCUT2D eigenvalue weighted by Gasteiger charge is -2.32. The number of imidazole rings is 1. The summed E-state index contributed by atoms with van der Waals surface area (Å²) in [4.78, 5) is 24.4. The van der Waals surface area contributed by atoms with Gasteiger partial charge in [-0.05, 0) is 19.3 Å². The molecular weight excluding hydrogens is 338 g/mol. The summed E-state index contributed by atoms with van der Waals surface area (Å²) in [6.45, 7) is 4.89. The van der Waals surface area contributed by atoms with Crippen LogP contribution in [0.1, 0.15) is 46.9 Å². The molecule has 1 saturated heterocycles. The fraction of sp³-hybridized carbons (Fsp3) is 0.588. The van der Waals surface area contributed by atoms with Crippen molar-refractivity contribution in [2.45, 2.75) is 38.6 Å². The number of anilines is 1. The Hall–Kier alpha value is -1.93. The molecule has 0 saturated carbocycles. The van der Waals surface area contributed by atoms with Crippen LogP contribution in [0.2, 0.25) is 0 Å². The van der Waals surface area contributed by atoms with Gasteiger partial charge in [0.2, 0.25) is 0 Å². The van der Waals surface area contributed by atoms with Crippen molar-refractivity contribution in [3.05, 3.63) is 28.8 Å². The Labute approximate surface area is 151 Å². The Morgan fingerprint density at radius 2 is 2.36 bits per heavy atom. The average molecular weight is 363 g/mol. The van der Waals surface area contributed by atoms with Crippen LogP contribution in [-0.2, 0) is 17.7 Å². The van der Waals surface area contributed by atoms with Gasteiger partial charge in [-0.1, -0.05) is 18.3 Å². The zero-order chi connectivity index (χ0) is 17.8. The van der Waals surface area contributed by atoms with Crippen LogP contribution >= 0.6 is 11.3 Å². The number of piperidine rings is 1. The minimum Gasteiger partial charge on any atom is -0.383 e. The summed E-state index contributed by atoms with van der Waals surface area (Å²) in [5.41, 5.74) is 6.61. The number of nitrogens with zero attached hydrogens (tertiary/aromatic N) is 4. The van der Waals surface area contributed by atoms with Gasteiger partial charge in [-0.15, -0.1) is 0 Å². The molecule has 0 radical (unpaired) electrons. The highest BCUT2D eigenvalue weighted by atomic mass is 32.1. The van der Waals surface area contributed by atoms with Crippen molar-refractivity contribution < 1.29 is 9.53 Å². The second-order valence-corrected chi connectivity index (χ2v) is 7.27. The van der Waals surface area contributed by atoms with Crippen molar-refractivity contribution in [3.8, 4) is 0 Å². The molecule has 0 aromatic carbocycles. The van der Waals surface area contributed by atoms with Crippen LogP contribution < -0.4 is 5.73 Å². The van der Waals surface area contributed by atoms with Gasteiger partial charge < -0.3 is 19.9 Å². The summed E-state index contributed by atoms with van der Waals surface area (Å²) in [5.74, 6) is 1.33. The molecule has 8 heteroatoms. The maximum atomic E-state index is 13.0. The molecule has 3 heterocycles. The number of rotatable bonds is 6. The molecule has 1 unspecified atom stereocenters. The van der Waals surface area contributed by atoms with Crippen LogP contribution in [0.3, 0.4) is 0 Å². The van der Waals surface area contributed by atoms with Gasteiger partial charge >= 0.3 is 0 Å². The van der Waals surface area contributed by atoms with E-state index in [1.165, 1.54) is 11.3 Å². The molecule has 2 aromatic rings. The lowest BCUT2D eigenvalue weighted by Crippen LogP contribution is -2.39. The van der Waals surface area contributed by atoms with Crippen LogP contribution in [0, 0.1) is 0 Å². The summed E-state index contributed by atoms with van der Waals surface area (Å²) in [7, 11) is 1.70. The number of nitrogens with two attached hydrogens (primary N) is 1. The maximum absolute atomic E-state index is 13.0. The van der Waals surface area contributed by atoms with Crippen molar-refractivity contribution in [1.82, 2.24) is 19.4 Å². The Kier molecular flexibility index (Phi) is 5.70. The number of likely N-dealkylation sites (tertiary alicyclic amines) is 1. The van der Waals surface area contributed by atoms with Crippen LogP contribution in [-0.4, -0.2) is 52.1 Å². The molecule has 1 aliphatic rings. The molecular formula is C17H25N5O2S.